The average Bonchev–Trinajstić information content (AvgIpc) is 3.13. The lowest BCUT2D eigenvalue weighted by Gasteiger charge is -2.25. The molecule has 33 heavy (non-hydrogen) atoms. The lowest BCUT2D eigenvalue weighted by Crippen LogP contribution is -2.39. The van der Waals surface area contributed by atoms with Gasteiger partial charge >= 0.3 is 0 Å². The molecule has 1 aliphatic heterocycles. The Kier molecular flexibility index (Phi) is 15.4. The van der Waals surface area contributed by atoms with E-state index in [0.29, 0.717) is 32.5 Å². The first-order valence-electron chi connectivity index (χ1n) is 12.2. The molecule has 7 nitrogen and oxygen atoms in total. The normalized spacial score (nSPS) is 18.5. The van der Waals surface area contributed by atoms with Crippen molar-refractivity contribution >= 4 is 39.2 Å². The van der Waals surface area contributed by atoms with Gasteiger partial charge in [-0.2, -0.15) is 0 Å². The highest BCUT2D eigenvalue weighted by atomic mass is 33.1. The Morgan fingerprint density at radius 2 is 1.67 bits per heavy atom. The van der Waals surface area contributed by atoms with Gasteiger partial charge in [0, 0.05) is 49.8 Å². The summed E-state index contributed by atoms with van der Waals surface area (Å²) in [5, 5.41) is 2.86. The van der Waals surface area contributed by atoms with Gasteiger partial charge in [-0.25, -0.2) is 0 Å². The first-order valence-corrected chi connectivity index (χ1v) is 14.7. The van der Waals surface area contributed by atoms with Crippen LogP contribution >= 0.6 is 21.6 Å². The molecular formula is C24H44N2O5S2. The van der Waals surface area contributed by atoms with Crippen molar-refractivity contribution in [3.63, 3.8) is 0 Å². The number of nitrogens with one attached hydrogen (secondary N) is 1. The second kappa shape index (κ2) is 16.8. The van der Waals surface area contributed by atoms with Crippen molar-refractivity contribution in [3.8, 4) is 0 Å². The van der Waals surface area contributed by atoms with Gasteiger partial charge in [0.2, 0.25) is 11.8 Å². The molecule has 2 atom stereocenters. The predicted octanol–water partition coefficient (Wildman–Crippen LogP) is 4.09. The Balaban J connectivity index is 2.19. The fraction of sp³-hybridized carbons (Fsp3) is 0.875. The van der Waals surface area contributed by atoms with E-state index in [-0.39, 0.29) is 54.3 Å². The highest BCUT2D eigenvalue weighted by Crippen LogP contribution is 2.25. The van der Waals surface area contributed by atoms with Gasteiger partial charge in [-0.1, -0.05) is 35.4 Å². The number of hydrogen-bond donors (Lipinski definition) is 1. The van der Waals surface area contributed by atoms with E-state index in [4.69, 9.17) is 9.47 Å². The van der Waals surface area contributed by atoms with Gasteiger partial charge in [0.25, 0.3) is 0 Å². The summed E-state index contributed by atoms with van der Waals surface area (Å²) in [5.41, 5.74) is 0. The lowest BCUT2D eigenvalue weighted by atomic mass is 10.0. The molecule has 0 aromatic carbocycles. The van der Waals surface area contributed by atoms with Crippen LogP contribution in [-0.4, -0.2) is 78.1 Å². The molecule has 1 aliphatic rings. The van der Waals surface area contributed by atoms with Crippen LogP contribution in [0.2, 0.25) is 0 Å². The fourth-order valence-corrected chi connectivity index (χ4v) is 5.51. The van der Waals surface area contributed by atoms with Crippen molar-refractivity contribution in [1.29, 1.82) is 0 Å². The molecule has 9 heteroatoms. The van der Waals surface area contributed by atoms with Crippen LogP contribution in [0.4, 0.5) is 0 Å². The second-order valence-electron chi connectivity index (χ2n) is 9.34. The van der Waals surface area contributed by atoms with Crippen LogP contribution in [0, 0.1) is 5.92 Å². The van der Waals surface area contributed by atoms with Crippen molar-refractivity contribution in [3.05, 3.63) is 0 Å². The molecule has 0 aromatic heterocycles. The van der Waals surface area contributed by atoms with Crippen molar-refractivity contribution in [2.45, 2.75) is 98.0 Å². The summed E-state index contributed by atoms with van der Waals surface area (Å²) in [6, 6.07) is 0.0881. The van der Waals surface area contributed by atoms with Gasteiger partial charge in [0.05, 0.1) is 31.0 Å². The summed E-state index contributed by atoms with van der Waals surface area (Å²) in [6.45, 7) is 13.6. The van der Waals surface area contributed by atoms with Crippen molar-refractivity contribution in [2.75, 3.05) is 31.2 Å². The van der Waals surface area contributed by atoms with E-state index in [9.17, 15) is 14.4 Å². The van der Waals surface area contributed by atoms with Crippen LogP contribution in [0.3, 0.4) is 0 Å². The maximum atomic E-state index is 12.8. The molecule has 1 heterocycles. The smallest absolute Gasteiger partial charge is 0.223 e. The number of ether oxygens (including phenoxy) is 2. The Bertz CT molecular complexity index is 601. The molecule has 1 rings (SSSR count). The number of likely N-dealkylation sites (tertiary alicyclic amines) is 1. The molecular weight excluding hydrogens is 460 g/mol. The van der Waals surface area contributed by atoms with Crippen LogP contribution < -0.4 is 5.32 Å². The van der Waals surface area contributed by atoms with Crippen LogP contribution in [0.25, 0.3) is 0 Å². The van der Waals surface area contributed by atoms with E-state index < -0.39 is 0 Å². The number of nitrogens with zero attached hydrogens (tertiary/aromatic N) is 1. The Morgan fingerprint density at radius 1 is 0.970 bits per heavy atom. The van der Waals surface area contributed by atoms with Gasteiger partial charge in [0.1, 0.15) is 5.78 Å². The molecule has 0 unspecified atom stereocenters. The number of carbonyl (C=O) groups is 3. The first kappa shape index (κ1) is 30.3. The zero-order valence-corrected chi connectivity index (χ0v) is 22.9. The standard InChI is InChI=1S/C24H44N2O5S2/c1-17(2)22(27)9-10-23(28)25-11-13-33-32-12-7-8-24(29)26-15-21(31-19(5)6)14-20(26)16-30-18(3)4/h17-21H,7-16H2,1-6H3,(H,25,28)/t20-,21+/m0/s1. The molecule has 0 aliphatic carbocycles. The Labute approximate surface area is 208 Å². The topological polar surface area (TPSA) is 84.9 Å². The number of amides is 2. The predicted molar refractivity (Wildman–Crippen MR) is 137 cm³/mol. The molecule has 0 spiro atoms. The fourth-order valence-electron chi connectivity index (χ4n) is 3.51. The molecule has 192 valence electrons. The molecule has 0 radical (unpaired) electrons. The van der Waals surface area contributed by atoms with E-state index in [1.165, 1.54) is 0 Å². The van der Waals surface area contributed by atoms with E-state index in [1.807, 2.05) is 46.4 Å². The third-order valence-electron chi connectivity index (χ3n) is 5.23. The molecule has 0 saturated carbocycles. The Hall–Kier alpha value is -0.770. The van der Waals surface area contributed by atoms with Crippen LogP contribution in [-0.2, 0) is 23.9 Å². The quantitative estimate of drug-likeness (QED) is 0.236. The van der Waals surface area contributed by atoms with Gasteiger partial charge in [-0.3, -0.25) is 14.4 Å². The first-order chi connectivity index (χ1) is 15.6. The third kappa shape index (κ3) is 13.6. The molecule has 0 bridgehead atoms. The molecule has 1 fully saturated rings. The zero-order valence-electron chi connectivity index (χ0n) is 21.3. The number of rotatable bonds is 17. The summed E-state index contributed by atoms with van der Waals surface area (Å²) >= 11 is 0. The van der Waals surface area contributed by atoms with Gasteiger partial charge in [-0.15, -0.1) is 0 Å². The molecule has 0 aromatic rings. The van der Waals surface area contributed by atoms with Gasteiger partial charge < -0.3 is 19.7 Å². The van der Waals surface area contributed by atoms with E-state index in [0.717, 1.165) is 24.3 Å². The van der Waals surface area contributed by atoms with E-state index >= 15 is 0 Å². The minimum atomic E-state index is -0.0680. The number of ketones is 1. The largest absolute Gasteiger partial charge is 0.377 e. The minimum absolute atomic E-state index is 0.0174. The molecule has 1 N–H and O–H groups in total. The summed E-state index contributed by atoms with van der Waals surface area (Å²) < 4.78 is 11.8. The molecule has 2 amide bonds. The summed E-state index contributed by atoms with van der Waals surface area (Å²) in [5.74, 6) is 1.91. The van der Waals surface area contributed by atoms with Crippen molar-refractivity contribution in [1.82, 2.24) is 10.2 Å². The molecule has 1 saturated heterocycles. The van der Waals surface area contributed by atoms with Crippen molar-refractivity contribution in [2.24, 2.45) is 5.92 Å². The Morgan fingerprint density at radius 3 is 2.30 bits per heavy atom. The summed E-state index contributed by atoms with van der Waals surface area (Å²) in [4.78, 5) is 38.1. The van der Waals surface area contributed by atoms with E-state index in [1.54, 1.807) is 21.6 Å². The van der Waals surface area contributed by atoms with Gasteiger partial charge in [-0.05, 0) is 40.5 Å². The SMILES string of the molecule is CC(C)OC[C@@H]1C[C@@H](OC(C)C)CN1C(=O)CCCSSCCNC(=O)CCC(=O)C(C)C. The monoisotopic (exact) mass is 504 g/mol. The highest BCUT2D eigenvalue weighted by molar-refractivity contribution is 8.76. The highest BCUT2D eigenvalue weighted by Gasteiger charge is 2.36. The average molecular weight is 505 g/mol. The van der Waals surface area contributed by atoms with E-state index in [2.05, 4.69) is 5.32 Å². The maximum absolute atomic E-state index is 12.8. The van der Waals surface area contributed by atoms with Crippen LogP contribution in [0.1, 0.15) is 73.6 Å². The number of carbonyl (C=O) groups excluding carboxylic acids is 3. The maximum Gasteiger partial charge on any atom is 0.223 e. The van der Waals surface area contributed by atoms with Gasteiger partial charge in [0.15, 0.2) is 0 Å². The van der Waals surface area contributed by atoms with Crippen LogP contribution in [0.5, 0.6) is 0 Å². The lowest BCUT2D eigenvalue weighted by molar-refractivity contribution is -0.134. The zero-order chi connectivity index (χ0) is 24.8. The van der Waals surface area contributed by atoms with Crippen LogP contribution in [0.15, 0.2) is 0 Å². The summed E-state index contributed by atoms with van der Waals surface area (Å²) in [7, 11) is 3.42. The number of hydrogen-bond acceptors (Lipinski definition) is 7. The number of Topliss-reactive ketones (excluding diaryl/α,β-unsaturated/α-hetero) is 1. The second-order valence-corrected chi connectivity index (χ2v) is 12.0. The van der Waals surface area contributed by atoms with Crippen molar-refractivity contribution < 1.29 is 23.9 Å². The third-order valence-corrected chi connectivity index (χ3v) is 7.73. The summed E-state index contributed by atoms with van der Waals surface area (Å²) in [6.07, 6.45) is 3.14. The minimum Gasteiger partial charge on any atom is -0.377 e.